The van der Waals surface area contributed by atoms with Crippen LogP contribution in [0, 0.1) is 19.1 Å². The predicted molar refractivity (Wildman–Crippen MR) is 131 cm³/mol. The summed E-state index contributed by atoms with van der Waals surface area (Å²) in [6.45, 7) is 11.7. The standard InChI is InChI=1S/C27H35F3N4O2/c1-18-9-14-34(36)21(4)25(18)26(35)31-12-10-24(11-13-31)32-15-16-33(19(2)17-32)20(3)22-5-7-23(8-6-22)27(28,29)30/h5-9,14,19-20,24H,10-13,15-17H2,1-4H3/t19-,20-/m0/s1. The van der Waals surface area contributed by atoms with E-state index in [0.717, 1.165) is 60.5 Å². The number of piperazine rings is 1. The molecule has 0 radical (unpaired) electrons. The normalized spacial score (nSPS) is 21.5. The molecule has 2 aliphatic rings. The SMILES string of the molecule is Cc1cc[n+]([O-])c(C)c1C(=O)N1CCC(N2CCN([C@@H](C)c3ccc(C(F)(F)F)cc3)[C@@H](C)C2)CC1. The van der Waals surface area contributed by atoms with Crippen molar-refractivity contribution in [2.45, 2.75) is 64.8 Å². The number of pyridine rings is 1. The van der Waals surface area contributed by atoms with Crippen LogP contribution in [0.1, 0.15) is 65.5 Å². The van der Waals surface area contributed by atoms with Gasteiger partial charge in [-0.05, 0) is 56.9 Å². The molecule has 0 saturated carbocycles. The Kier molecular flexibility index (Phi) is 7.61. The molecule has 9 heteroatoms. The number of nitrogens with zero attached hydrogens (tertiary/aromatic N) is 4. The Balaban J connectivity index is 1.33. The fraction of sp³-hybridized carbons (Fsp3) is 0.556. The van der Waals surface area contributed by atoms with E-state index >= 15 is 0 Å². The Morgan fingerprint density at radius 1 is 1.06 bits per heavy atom. The third-order valence-corrected chi connectivity index (χ3v) is 7.96. The minimum absolute atomic E-state index is 0.0324. The van der Waals surface area contributed by atoms with Crippen molar-refractivity contribution in [2.75, 3.05) is 32.7 Å². The van der Waals surface area contributed by atoms with Gasteiger partial charge in [-0.15, -0.1) is 0 Å². The van der Waals surface area contributed by atoms with Gasteiger partial charge in [0.1, 0.15) is 5.56 Å². The highest BCUT2D eigenvalue weighted by molar-refractivity contribution is 5.96. The van der Waals surface area contributed by atoms with Gasteiger partial charge in [-0.2, -0.15) is 17.9 Å². The smallest absolute Gasteiger partial charge is 0.416 e. The van der Waals surface area contributed by atoms with Crippen molar-refractivity contribution >= 4 is 5.91 Å². The van der Waals surface area contributed by atoms with Crippen LogP contribution in [-0.2, 0) is 6.18 Å². The zero-order chi connectivity index (χ0) is 26.2. The van der Waals surface area contributed by atoms with Gasteiger partial charge in [-0.1, -0.05) is 12.1 Å². The van der Waals surface area contributed by atoms with Crippen LogP contribution in [0.5, 0.6) is 0 Å². The van der Waals surface area contributed by atoms with Crippen molar-refractivity contribution in [3.8, 4) is 0 Å². The topological polar surface area (TPSA) is 53.7 Å². The Hall–Kier alpha value is -2.65. The van der Waals surface area contributed by atoms with Crippen molar-refractivity contribution in [2.24, 2.45) is 0 Å². The number of hydrogen-bond donors (Lipinski definition) is 0. The van der Waals surface area contributed by atoms with E-state index in [1.165, 1.54) is 6.20 Å². The van der Waals surface area contributed by atoms with Gasteiger partial charge in [0.15, 0.2) is 6.20 Å². The van der Waals surface area contributed by atoms with Crippen LogP contribution in [0.3, 0.4) is 0 Å². The number of likely N-dealkylation sites (tertiary alicyclic amines) is 1. The van der Waals surface area contributed by atoms with Gasteiger partial charge in [0, 0.05) is 63.8 Å². The Morgan fingerprint density at radius 3 is 2.28 bits per heavy atom. The molecule has 0 spiro atoms. The molecule has 6 nitrogen and oxygen atoms in total. The van der Waals surface area contributed by atoms with Gasteiger partial charge in [-0.3, -0.25) is 14.6 Å². The summed E-state index contributed by atoms with van der Waals surface area (Å²) in [4.78, 5) is 19.9. The summed E-state index contributed by atoms with van der Waals surface area (Å²) in [5, 5.41) is 12.0. The summed E-state index contributed by atoms with van der Waals surface area (Å²) >= 11 is 0. The number of halogens is 3. The highest BCUT2D eigenvalue weighted by atomic mass is 19.4. The molecule has 196 valence electrons. The van der Waals surface area contributed by atoms with Crippen molar-refractivity contribution in [3.05, 3.63) is 69.7 Å². The van der Waals surface area contributed by atoms with Crippen LogP contribution < -0.4 is 4.73 Å². The summed E-state index contributed by atoms with van der Waals surface area (Å²) in [7, 11) is 0. The molecule has 3 heterocycles. The molecule has 2 aliphatic heterocycles. The quantitative estimate of drug-likeness (QED) is 0.460. The lowest BCUT2D eigenvalue weighted by atomic mass is 9.97. The van der Waals surface area contributed by atoms with E-state index in [-0.39, 0.29) is 18.0 Å². The first kappa shape index (κ1) is 26.4. The van der Waals surface area contributed by atoms with Crippen LogP contribution in [0.4, 0.5) is 13.2 Å². The van der Waals surface area contributed by atoms with Gasteiger partial charge in [0.2, 0.25) is 5.69 Å². The van der Waals surface area contributed by atoms with E-state index < -0.39 is 11.7 Å². The van der Waals surface area contributed by atoms with E-state index in [4.69, 9.17) is 0 Å². The zero-order valence-electron chi connectivity index (χ0n) is 21.4. The fourth-order valence-electron chi connectivity index (χ4n) is 5.73. The lowest BCUT2D eigenvalue weighted by Crippen LogP contribution is -2.57. The minimum Gasteiger partial charge on any atom is -0.618 e. The molecular formula is C27H35F3N4O2. The monoisotopic (exact) mass is 504 g/mol. The van der Waals surface area contributed by atoms with Gasteiger partial charge in [-0.25, -0.2) is 0 Å². The minimum atomic E-state index is -4.32. The number of carbonyl (C=O) groups excluding carboxylic acids is 1. The average Bonchev–Trinajstić information content (AvgIpc) is 2.85. The van der Waals surface area contributed by atoms with Gasteiger partial charge >= 0.3 is 6.18 Å². The van der Waals surface area contributed by atoms with Crippen molar-refractivity contribution < 1.29 is 22.7 Å². The highest BCUT2D eigenvalue weighted by Crippen LogP contribution is 2.32. The van der Waals surface area contributed by atoms with Crippen molar-refractivity contribution in [1.82, 2.24) is 14.7 Å². The second-order valence-electron chi connectivity index (χ2n) is 10.2. The number of aromatic nitrogens is 1. The molecule has 0 bridgehead atoms. The van der Waals surface area contributed by atoms with E-state index in [1.807, 2.05) is 11.8 Å². The number of aryl methyl sites for hydroxylation is 1. The molecule has 1 aromatic carbocycles. The van der Waals surface area contributed by atoms with Crippen LogP contribution in [-0.4, -0.2) is 65.4 Å². The number of hydrogen-bond acceptors (Lipinski definition) is 4. The molecule has 1 aromatic heterocycles. The highest BCUT2D eigenvalue weighted by Gasteiger charge is 2.35. The number of amides is 1. The number of carbonyl (C=O) groups is 1. The van der Waals surface area contributed by atoms with Crippen LogP contribution in [0.15, 0.2) is 36.5 Å². The molecular weight excluding hydrogens is 469 g/mol. The van der Waals surface area contributed by atoms with Crippen LogP contribution in [0.25, 0.3) is 0 Å². The summed E-state index contributed by atoms with van der Waals surface area (Å²) in [5.41, 5.74) is 2.03. The third-order valence-electron chi connectivity index (χ3n) is 7.96. The van der Waals surface area contributed by atoms with Crippen molar-refractivity contribution in [1.29, 1.82) is 0 Å². The van der Waals surface area contributed by atoms with Gasteiger partial charge in [0.05, 0.1) is 5.56 Å². The lowest BCUT2D eigenvalue weighted by molar-refractivity contribution is -0.612. The average molecular weight is 505 g/mol. The van der Waals surface area contributed by atoms with E-state index in [2.05, 4.69) is 23.6 Å². The van der Waals surface area contributed by atoms with Crippen LogP contribution in [0.2, 0.25) is 0 Å². The van der Waals surface area contributed by atoms with E-state index in [0.29, 0.717) is 30.4 Å². The maximum Gasteiger partial charge on any atom is 0.416 e. The number of piperidine rings is 1. The molecule has 36 heavy (non-hydrogen) atoms. The lowest BCUT2D eigenvalue weighted by Gasteiger charge is -2.47. The first-order valence-electron chi connectivity index (χ1n) is 12.6. The summed E-state index contributed by atoms with van der Waals surface area (Å²) < 4.78 is 39.5. The van der Waals surface area contributed by atoms with Gasteiger partial charge in [0.25, 0.3) is 5.91 Å². The van der Waals surface area contributed by atoms with Crippen molar-refractivity contribution in [3.63, 3.8) is 0 Å². The molecule has 4 rings (SSSR count). The molecule has 0 unspecified atom stereocenters. The summed E-state index contributed by atoms with van der Waals surface area (Å²) in [6, 6.07) is 7.87. The molecule has 1 amide bonds. The van der Waals surface area contributed by atoms with E-state index in [1.54, 1.807) is 25.1 Å². The molecule has 0 aliphatic carbocycles. The Labute approximate surface area is 210 Å². The third kappa shape index (κ3) is 5.37. The van der Waals surface area contributed by atoms with Gasteiger partial charge < -0.3 is 10.1 Å². The Bertz CT molecular complexity index is 1080. The molecule has 2 aromatic rings. The maximum atomic E-state index is 13.1. The Morgan fingerprint density at radius 2 is 1.69 bits per heavy atom. The zero-order valence-corrected chi connectivity index (χ0v) is 21.4. The first-order chi connectivity index (χ1) is 17.0. The predicted octanol–water partition coefficient (Wildman–Crippen LogP) is 4.33. The fourth-order valence-corrected chi connectivity index (χ4v) is 5.73. The number of benzene rings is 1. The summed E-state index contributed by atoms with van der Waals surface area (Å²) in [5.74, 6) is -0.0720. The maximum absolute atomic E-state index is 13.1. The second kappa shape index (κ2) is 10.4. The first-order valence-corrected chi connectivity index (χ1v) is 12.6. The molecule has 0 N–H and O–H groups in total. The number of alkyl halides is 3. The largest absolute Gasteiger partial charge is 0.618 e. The van der Waals surface area contributed by atoms with Crippen LogP contribution >= 0.6 is 0 Å². The molecule has 2 fully saturated rings. The second-order valence-corrected chi connectivity index (χ2v) is 10.2. The molecule has 2 atom stereocenters. The van der Waals surface area contributed by atoms with E-state index in [9.17, 15) is 23.2 Å². The summed E-state index contributed by atoms with van der Waals surface area (Å²) in [6.07, 6.45) is -1.12. The molecule has 2 saturated heterocycles. The number of rotatable bonds is 4.